The van der Waals surface area contributed by atoms with Crippen molar-refractivity contribution >= 4 is 5.91 Å². The van der Waals surface area contributed by atoms with E-state index in [9.17, 15) is 4.79 Å². The zero-order valence-corrected chi connectivity index (χ0v) is 9.85. The normalized spacial score (nSPS) is 19.5. The van der Waals surface area contributed by atoms with E-state index in [-0.39, 0.29) is 12.5 Å². The van der Waals surface area contributed by atoms with Gasteiger partial charge in [0.05, 0.1) is 6.61 Å². The van der Waals surface area contributed by atoms with Crippen LogP contribution < -0.4 is 5.32 Å². The second kappa shape index (κ2) is 5.84. The first kappa shape index (κ1) is 12.1. The molecule has 94 valence electrons. The topological polar surface area (TPSA) is 68.4 Å². The number of carbonyl (C=O) groups is 1. The first-order chi connectivity index (χ1) is 8.31. The average Bonchev–Trinajstić information content (AvgIpc) is 3.00. The number of aromatic nitrogens is 1. The van der Waals surface area contributed by atoms with Gasteiger partial charge in [0.15, 0.2) is 0 Å². The molecule has 0 bridgehead atoms. The van der Waals surface area contributed by atoms with E-state index in [0.717, 1.165) is 19.4 Å². The van der Waals surface area contributed by atoms with Crippen molar-refractivity contribution < 1.29 is 9.90 Å². The zero-order valence-electron chi connectivity index (χ0n) is 9.85. The van der Waals surface area contributed by atoms with Crippen molar-refractivity contribution in [2.24, 2.45) is 0 Å². The summed E-state index contributed by atoms with van der Waals surface area (Å²) in [5.74, 6) is -0.0437. The van der Waals surface area contributed by atoms with Gasteiger partial charge in [-0.3, -0.25) is 4.79 Å². The van der Waals surface area contributed by atoms with Crippen LogP contribution in [0, 0.1) is 0 Å². The van der Waals surface area contributed by atoms with Crippen molar-refractivity contribution in [2.75, 3.05) is 26.2 Å². The highest BCUT2D eigenvalue weighted by atomic mass is 16.3. The van der Waals surface area contributed by atoms with Gasteiger partial charge < -0.3 is 20.3 Å². The second-order valence-corrected chi connectivity index (χ2v) is 4.35. The minimum absolute atomic E-state index is 0.000825. The molecule has 1 fully saturated rings. The molecule has 0 radical (unpaired) electrons. The van der Waals surface area contributed by atoms with Crippen LogP contribution in [0.15, 0.2) is 18.3 Å². The first-order valence-electron chi connectivity index (χ1n) is 6.08. The van der Waals surface area contributed by atoms with Gasteiger partial charge >= 0.3 is 0 Å². The van der Waals surface area contributed by atoms with E-state index >= 15 is 0 Å². The molecule has 0 spiro atoms. The SMILES string of the molecule is O=C(c1ccc[nH]1)N(CCO)CC1CCCN1. The summed E-state index contributed by atoms with van der Waals surface area (Å²) in [5, 5.41) is 12.4. The summed E-state index contributed by atoms with van der Waals surface area (Å²) in [7, 11) is 0. The monoisotopic (exact) mass is 237 g/mol. The van der Waals surface area contributed by atoms with Crippen LogP contribution in [-0.2, 0) is 0 Å². The number of amides is 1. The van der Waals surface area contributed by atoms with Gasteiger partial charge in [0.25, 0.3) is 5.91 Å². The van der Waals surface area contributed by atoms with Crippen molar-refractivity contribution in [1.29, 1.82) is 0 Å². The molecule has 2 heterocycles. The van der Waals surface area contributed by atoms with E-state index in [0.29, 0.717) is 24.8 Å². The summed E-state index contributed by atoms with van der Waals surface area (Å²) < 4.78 is 0. The molecule has 17 heavy (non-hydrogen) atoms. The number of nitrogens with zero attached hydrogens (tertiary/aromatic N) is 1. The highest BCUT2D eigenvalue weighted by Gasteiger charge is 2.22. The molecule has 0 saturated carbocycles. The number of aromatic amines is 1. The van der Waals surface area contributed by atoms with E-state index in [2.05, 4.69) is 10.3 Å². The highest BCUT2D eigenvalue weighted by molar-refractivity contribution is 5.92. The Bertz CT molecular complexity index is 345. The Balaban J connectivity index is 1.98. The first-order valence-corrected chi connectivity index (χ1v) is 6.08. The summed E-state index contributed by atoms with van der Waals surface area (Å²) in [5.41, 5.74) is 0.580. The summed E-state index contributed by atoms with van der Waals surface area (Å²) in [6, 6.07) is 3.92. The molecular formula is C12H19N3O2. The predicted molar refractivity (Wildman–Crippen MR) is 64.8 cm³/mol. The lowest BCUT2D eigenvalue weighted by molar-refractivity contribution is 0.0701. The van der Waals surface area contributed by atoms with Gasteiger partial charge in [0.1, 0.15) is 5.69 Å². The maximum Gasteiger partial charge on any atom is 0.270 e. The largest absolute Gasteiger partial charge is 0.395 e. The van der Waals surface area contributed by atoms with Gasteiger partial charge in [0.2, 0.25) is 0 Å². The third kappa shape index (κ3) is 3.08. The van der Waals surface area contributed by atoms with E-state index in [4.69, 9.17) is 5.11 Å². The fourth-order valence-corrected chi connectivity index (χ4v) is 2.21. The summed E-state index contributed by atoms with van der Waals surface area (Å²) in [4.78, 5) is 16.8. The van der Waals surface area contributed by atoms with E-state index in [1.54, 1.807) is 23.2 Å². The van der Waals surface area contributed by atoms with Crippen LogP contribution in [0.4, 0.5) is 0 Å². The highest BCUT2D eigenvalue weighted by Crippen LogP contribution is 2.09. The molecule has 0 aliphatic carbocycles. The molecule has 3 N–H and O–H groups in total. The fraction of sp³-hybridized carbons (Fsp3) is 0.583. The van der Waals surface area contributed by atoms with E-state index in [1.165, 1.54) is 0 Å². The Morgan fingerprint density at radius 1 is 1.59 bits per heavy atom. The van der Waals surface area contributed by atoms with Crippen molar-refractivity contribution in [3.8, 4) is 0 Å². The van der Waals surface area contributed by atoms with E-state index in [1.807, 2.05) is 0 Å². The predicted octanol–water partition coefficient (Wildman–Crippen LogP) is 0.201. The minimum atomic E-state index is -0.0437. The van der Waals surface area contributed by atoms with Crippen LogP contribution in [0.25, 0.3) is 0 Å². The summed E-state index contributed by atoms with van der Waals surface area (Å²) in [6.45, 7) is 2.07. The number of aliphatic hydroxyl groups excluding tert-OH is 1. The smallest absolute Gasteiger partial charge is 0.270 e. The Hall–Kier alpha value is -1.33. The Morgan fingerprint density at radius 3 is 3.06 bits per heavy atom. The van der Waals surface area contributed by atoms with Gasteiger partial charge in [-0.25, -0.2) is 0 Å². The van der Waals surface area contributed by atoms with Crippen molar-refractivity contribution in [3.63, 3.8) is 0 Å². The van der Waals surface area contributed by atoms with Crippen LogP contribution in [0.5, 0.6) is 0 Å². The molecule has 1 saturated heterocycles. The number of nitrogens with one attached hydrogen (secondary N) is 2. The van der Waals surface area contributed by atoms with Crippen LogP contribution in [0.1, 0.15) is 23.3 Å². The van der Waals surface area contributed by atoms with Crippen LogP contribution in [0.2, 0.25) is 0 Å². The number of aliphatic hydroxyl groups is 1. The number of hydrogen-bond acceptors (Lipinski definition) is 3. The number of carbonyl (C=O) groups excluding carboxylic acids is 1. The molecule has 1 aromatic heterocycles. The molecule has 1 aliphatic rings. The van der Waals surface area contributed by atoms with Gasteiger partial charge in [-0.15, -0.1) is 0 Å². The van der Waals surface area contributed by atoms with Crippen molar-refractivity contribution in [3.05, 3.63) is 24.0 Å². The minimum Gasteiger partial charge on any atom is -0.395 e. The average molecular weight is 237 g/mol. The Morgan fingerprint density at radius 2 is 2.47 bits per heavy atom. The molecule has 5 heteroatoms. The third-order valence-electron chi connectivity index (χ3n) is 3.09. The quantitative estimate of drug-likeness (QED) is 0.685. The summed E-state index contributed by atoms with van der Waals surface area (Å²) >= 11 is 0. The molecule has 0 aromatic carbocycles. The number of hydrogen-bond donors (Lipinski definition) is 3. The van der Waals surface area contributed by atoms with Crippen LogP contribution in [-0.4, -0.2) is 53.2 Å². The standard InChI is InChI=1S/C12H19N3O2/c16-8-7-15(9-10-3-1-5-13-10)12(17)11-4-2-6-14-11/h2,4,6,10,13-14,16H,1,3,5,7-9H2. The maximum absolute atomic E-state index is 12.1. The number of H-pyrrole nitrogens is 1. The van der Waals surface area contributed by atoms with Gasteiger partial charge in [-0.05, 0) is 31.5 Å². The molecule has 1 amide bonds. The molecule has 1 aromatic rings. The Kier molecular flexibility index (Phi) is 4.17. The van der Waals surface area contributed by atoms with Gasteiger partial charge in [-0.2, -0.15) is 0 Å². The molecular weight excluding hydrogens is 218 g/mol. The van der Waals surface area contributed by atoms with Gasteiger partial charge in [0, 0.05) is 25.3 Å². The van der Waals surface area contributed by atoms with Gasteiger partial charge in [-0.1, -0.05) is 0 Å². The molecule has 1 aliphatic heterocycles. The van der Waals surface area contributed by atoms with Crippen LogP contribution in [0.3, 0.4) is 0 Å². The number of rotatable bonds is 5. The fourth-order valence-electron chi connectivity index (χ4n) is 2.21. The maximum atomic E-state index is 12.1. The molecule has 2 rings (SSSR count). The van der Waals surface area contributed by atoms with Crippen LogP contribution >= 0.6 is 0 Å². The second-order valence-electron chi connectivity index (χ2n) is 4.35. The Labute approximate surface area is 101 Å². The summed E-state index contributed by atoms with van der Waals surface area (Å²) in [6.07, 6.45) is 3.99. The lowest BCUT2D eigenvalue weighted by Gasteiger charge is -2.24. The van der Waals surface area contributed by atoms with Crippen molar-refractivity contribution in [1.82, 2.24) is 15.2 Å². The lowest BCUT2D eigenvalue weighted by atomic mass is 10.2. The zero-order chi connectivity index (χ0) is 12.1. The van der Waals surface area contributed by atoms with Crippen molar-refractivity contribution in [2.45, 2.75) is 18.9 Å². The molecule has 1 atom stereocenters. The molecule has 1 unspecified atom stereocenters. The molecule has 5 nitrogen and oxygen atoms in total. The van der Waals surface area contributed by atoms with E-state index < -0.39 is 0 Å². The third-order valence-corrected chi connectivity index (χ3v) is 3.09. The lowest BCUT2D eigenvalue weighted by Crippen LogP contribution is -2.42.